The van der Waals surface area contributed by atoms with E-state index in [0.29, 0.717) is 5.82 Å². The molecule has 0 bridgehead atoms. The number of pyridine rings is 1. The van der Waals surface area contributed by atoms with Crippen molar-refractivity contribution in [1.82, 2.24) is 38.8 Å². The van der Waals surface area contributed by atoms with Gasteiger partial charge in [-0.1, -0.05) is 0 Å². The Labute approximate surface area is 182 Å². The van der Waals surface area contributed by atoms with Crippen LogP contribution in [0.5, 0.6) is 0 Å². The summed E-state index contributed by atoms with van der Waals surface area (Å²) in [4.78, 5) is 15.9. The van der Waals surface area contributed by atoms with Crippen LogP contribution in [-0.4, -0.2) is 38.8 Å². The minimum atomic E-state index is 0.713. The summed E-state index contributed by atoms with van der Waals surface area (Å²) in [6.07, 6.45) is 11.3. The molecule has 0 aliphatic carbocycles. The lowest BCUT2D eigenvalue weighted by molar-refractivity contribution is 0.273. The Balaban J connectivity index is 1.23. The number of aromatic amines is 1. The molecule has 0 radical (unpaired) electrons. The summed E-state index contributed by atoms with van der Waals surface area (Å²) in [6, 6.07) is 4.19. The highest BCUT2D eigenvalue weighted by molar-refractivity contribution is 7.10. The van der Waals surface area contributed by atoms with Crippen LogP contribution in [0.4, 0.5) is 10.8 Å². The standard InChI is InChI=1S/C21H19N9S/c1-13-9-30-18(15-6-24-25-7-15)8-23-21(30)20(26-13)27-19-4-17(28-31-19)12-29-10-14-2-3-22-5-16(14)11-29/h2-9H,10-12H2,1H3,(H,24,25)(H,26,27). The fourth-order valence-corrected chi connectivity index (χ4v) is 4.65. The number of aromatic nitrogens is 7. The number of nitrogens with zero attached hydrogens (tertiary/aromatic N) is 7. The lowest BCUT2D eigenvalue weighted by Crippen LogP contribution is -2.15. The minimum absolute atomic E-state index is 0.713. The SMILES string of the molecule is Cc1cn2c(-c3cn[nH]c3)cnc2c(Nc2cc(CN3Cc4ccncc4C3)ns2)n1. The first-order chi connectivity index (χ1) is 15.2. The van der Waals surface area contributed by atoms with E-state index in [9.17, 15) is 0 Å². The van der Waals surface area contributed by atoms with Crippen molar-refractivity contribution in [1.29, 1.82) is 0 Å². The number of rotatable bonds is 5. The molecule has 0 saturated carbocycles. The summed E-state index contributed by atoms with van der Waals surface area (Å²) < 4.78 is 6.68. The highest BCUT2D eigenvalue weighted by Crippen LogP contribution is 2.29. The van der Waals surface area contributed by atoms with Crippen molar-refractivity contribution >= 4 is 28.0 Å². The van der Waals surface area contributed by atoms with Crippen LogP contribution in [0.3, 0.4) is 0 Å². The van der Waals surface area contributed by atoms with E-state index in [2.05, 4.69) is 51.9 Å². The lowest BCUT2D eigenvalue weighted by atomic mass is 10.2. The number of hydrogen-bond donors (Lipinski definition) is 2. The zero-order valence-corrected chi connectivity index (χ0v) is 17.6. The molecule has 2 N–H and O–H groups in total. The molecule has 6 rings (SSSR count). The third-order valence-electron chi connectivity index (χ3n) is 5.39. The van der Waals surface area contributed by atoms with Crippen LogP contribution in [-0.2, 0) is 19.6 Å². The normalized spacial score (nSPS) is 13.7. The van der Waals surface area contributed by atoms with Crippen LogP contribution in [0.1, 0.15) is 22.5 Å². The Kier molecular flexibility index (Phi) is 4.25. The molecule has 9 nitrogen and oxygen atoms in total. The number of H-pyrrole nitrogens is 1. The summed E-state index contributed by atoms with van der Waals surface area (Å²) in [5.41, 5.74) is 7.29. The van der Waals surface area contributed by atoms with Crippen LogP contribution < -0.4 is 5.32 Å². The number of aryl methyl sites for hydroxylation is 1. The Morgan fingerprint density at radius 1 is 1.19 bits per heavy atom. The smallest absolute Gasteiger partial charge is 0.180 e. The Hall–Kier alpha value is -3.63. The van der Waals surface area contributed by atoms with Gasteiger partial charge in [0.15, 0.2) is 11.5 Å². The van der Waals surface area contributed by atoms with E-state index >= 15 is 0 Å². The minimum Gasteiger partial charge on any atom is -0.328 e. The fourth-order valence-electron chi connectivity index (χ4n) is 3.99. The quantitative estimate of drug-likeness (QED) is 0.441. The van der Waals surface area contributed by atoms with Gasteiger partial charge in [-0.2, -0.15) is 9.47 Å². The Morgan fingerprint density at radius 3 is 3.00 bits per heavy atom. The van der Waals surface area contributed by atoms with Gasteiger partial charge in [0.1, 0.15) is 5.00 Å². The monoisotopic (exact) mass is 429 g/mol. The van der Waals surface area contributed by atoms with E-state index in [1.54, 1.807) is 6.20 Å². The summed E-state index contributed by atoms with van der Waals surface area (Å²) in [5, 5.41) is 11.3. The molecule has 0 fully saturated rings. The molecule has 1 aliphatic rings. The second kappa shape index (κ2) is 7.25. The van der Waals surface area contributed by atoms with Crippen LogP contribution >= 0.6 is 11.5 Å². The lowest BCUT2D eigenvalue weighted by Gasteiger charge is -2.12. The molecule has 0 spiro atoms. The third-order valence-corrected chi connectivity index (χ3v) is 6.13. The van der Waals surface area contributed by atoms with Crippen molar-refractivity contribution in [3.05, 3.63) is 71.8 Å². The molecule has 0 amide bonds. The molecular weight excluding hydrogens is 410 g/mol. The predicted molar refractivity (Wildman–Crippen MR) is 118 cm³/mol. The number of anilines is 2. The molecule has 31 heavy (non-hydrogen) atoms. The average molecular weight is 430 g/mol. The van der Waals surface area contributed by atoms with Gasteiger partial charge in [-0.15, -0.1) is 0 Å². The molecule has 0 aromatic carbocycles. The number of hydrogen-bond acceptors (Lipinski definition) is 8. The van der Waals surface area contributed by atoms with Crippen LogP contribution in [0.15, 0.2) is 49.3 Å². The van der Waals surface area contributed by atoms with Gasteiger partial charge in [-0.25, -0.2) is 9.97 Å². The summed E-state index contributed by atoms with van der Waals surface area (Å²) >= 11 is 1.44. The van der Waals surface area contributed by atoms with Crippen LogP contribution in [0.25, 0.3) is 16.9 Å². The second-order valence-electron chi connectivity index (χ2n) is 7.65. The Bertz CT molecular complexity index is 1340. The molecule has 0 atom stereocenters. The van der Waals surface area contributed by atoms with Gasteiger partial charge in [0, 0.05) is 50.0 Å². The van der Waals surface area contributed by atoms with E-state index in [1.165, 1.54) is 22.7 Å². The van der Waals surface area contributed by atoms with Crippen LogP contribution in [0.2, 0.25) is 0 Å². The largest absolute Gasteiger partial charge is 0.328 e. The molecule has 154 valence electrons. The maximum Gasteiger partial charge on any atom is 0.180 e. The zero-order chi connectivity index (χ0) is 20.8. The van der Waals surface area contributed by atoms with Crippen molar-refractivity contribution in [2.45, 2.75) is 26.6 Å². The number of nitrogens with one attached hydrogen (secondary N) is 2. The van der Waals surface area contributed by atoms with E-state index in [0.717, 1.165) is 52.9 Å². The molecule has 10 heteroatoms. The van der Waals surface area contributed by atoms with Crippen molar-refractivity contribution < 1.29 is 0 Å². The molecule has 6 heterocycles. The van der Waals surface area contributed by atoms with Gasteiger partial charge in [-0.05, 0) is 41.7 Å². The fraction of sp³-hybridized carbons (Fsp3) is 0.190. The third kappa shape index (κ3) is 3.35. The average Bonchev–Trinajstić information content (AvgIpc) is 3.54. The first-order valence-electron chi connectivity index (χ1n) is 9.93. The van der Waals surface area contributed by atoms with Crippen molar-refractivity contribution in [3.63, 3.8) is 0 Å². The van der Waals surface area contributed by atoms with Gasteiger partial charge in [0.05, 0.1) is 29.5 Å². The topological polar surface area (TPSA) is 99.9 Å². The first kappa shape index (κ1) is 18.2. The van der Waals surface area contributed by atoms with Crippen LogP contribution in [0, 0.1) is 6.92 Å². The maximum absolute atomic E-state index is 4.67. The summed E-state index contributed by atoms with van der Waals surface area (Å²) in [7, 11) is 0. The van der Waals surface area contributed by atoms with E-state index in [-0.39, 0.29) is 0 Å². The second-order valence-corrected chi connectivity index (χ2v) is 8.46. The van der Waals surface area contributed by atoms with E-state index in [4.69, 9.17) is 0 Å². The predicted octanol–water partition coefficient (Wildman–Crippen LogP) is 3.54. The molecule has 0 saturated heterocycles. The van der Waals surface area contributed by atoms with Gasteiger partial charge < -0.3 is 5.32 Å². The van der Waals surface area contributed by atoms with Gasteiger partial charge in [0.2, 0.25) is 0 Å². The van der Waals surface area contributed by atoms with Crippen molar-refractivity contribution in [3.8, 4) is 11.3 Å². The molecule has 5 aromatic rings. The highest BCUT2D eigenvalue weighted by atomic mass is 32.1. The maximum atomic E-state index is 4.67. The summed E-state index contributed by atoms with van der Waals surface area (Å²) in [6.45, 7) is 4.62. The number of imidazole rings is 1. The Morgan fingerprint density at radius 2 is 2.13 bits per heavy atom. The number of fused-ring (bicyclic) bond motifs is 2. The molecule has 1 aliphatic heterocycles. The van der Waals surface area contributed by atoms with Gasteiger partial charge in [-0.3, -0.25) is 19.4 Å². The highest BCUT2D eigenvalue weighted by Gasteiger charge is 2.20. The van der Waals surface area contributed by atoms with Crippen molar-refractivity contribution in [2.24, 2.45) is 0 Å². The van der Waals surface area contributed by atoms with Gasteiger partial charge in [0.25, 0.3) is 0 Å². The summed E-state index contributed by atoms with van der Waals surface area (Å²) in [5.74, 6) is 0.713. The molecule has 5 aromatic heterocycles. The van der Waals surface area contributed by atoms with Crippen molar-refractivity contribution in [2.75, 3.05) is 5.32 Å². The zero-order valence-electron chi connectivity index (χ0n) is 16.8. The van der Waals surface area contributed by atoms with E-state index in [1.807, 2.05) is 42.3 Å². The first-order valence-corrected chi connectivity index (χ1v) is 10.7. The van der Waals surface area contributed by atoms with Gasteiger partial charge >= 0.3 is 0 Å². The van der Waals surface area contributed by atoms with E-state index < -0.39 is 0 Å². The molecule has 0 unspecified atom stereocenters. The molecular formula is C21H19N9S.